The third kappa shape index (κ3) is 76.4. The Balaban J connectivity index is 4.57. The van der Waals surface area contributed by atoms with Crippen LogP contribution in [-0.4, -0.2) is 95.9 Å². The zero-order valence-electron chi connectivity index (χ0n) is 63.0. The lowest BCUT2D eigenvalue weighted by Crippen LogP contribution is -2.30. The summed E-state index contributed by atoms with van der Waals surface area (Å²) in [7, 11) is -9.81. The van der Waals surface area contributed by atoms with E-state index < -0.39 is 91.5 Å². The largest absolute Gasteiger partial charge is 0.472 e. The second kappa shape index (κ2) is 75.1. The van der Waals surface area contributed by atoms with E-state index in [4.69, 9.17) is 32.3 Å². The van der Waals surface area contributed by atoms with Crippen molar-refractivity contribution in [3.8, 4) is 0 Å². The van der Waals surface area contributed by atoms with Crippen LogP contribution in [-0.2, 0) is 55.8 Å². The molecule has 0 aromatic rings. The van der Waals surface area contributed by atoms with Gasteiger partial charge in [0.25, 0.3) is 0 Å². The molecule has 0 aliphatic carbocycles. The van der Waals surface area contributed by atoms with Crippen LogP contribution < -0.4 is 0 Å². The Morgan fingerprint density at radius 1 is 0.287 bits per heavy atom. The first-order chi connectivity index (χ1) is 49.2. The second-order valence-electron chi connectivity index (χ2n) is 25.7. The molecule has 0 aliphatic rings. The Bertz CT molecular complexity index is 2420. The molecule has 4 N–H and O–H groups in total. The predicted octanol–water partition coefficient (Wildman–Crippen LogP) is 22.9. The van der Waals surface area contributed by atoms with Crippen LogP contribution in [0.15, 0.2) is 146 Å². The van der Waals surface area contributed by atoms with E-state index in [1.807, 2.05) is 0 Å². The van der Waals surface area contributed by atoms with E-state index in [-0.39, 0.29) is 19.3 Å². The van der Waals surface area contributed by atoms with E-state index in [9.17, 15) is 43.5 Å². The summed E-state index contributed by atoms with van der Waals surface area (Å²) in [6.45, 7) is 2.38. The molecule has 0 fully saturated rings. The Morgan fingerprint density at radius 2 is 0.525 bits per heavy atom. The number of aliphatic hydroxyl groups excluding tert-OH is 2. The molecule has 0 amide bonds. The van der Waals surface area contributed by atoms with Crippen molar-refractivity contribution in [3.63, 3.8) is 0 Å². The van der Waals surface area contributed by atoms with Crippen LogP contribution in [0.1, 0.15) is 303 Å². The summed E-state index contributed by atoms with van der Waals surface area (Å²) in [6, 6.07) is 0. The summed E-state index contributed by atoms with van der Waals surface area (Å²) in [5.74, 6) is -1.62. The molecular weight excluding hydrogens is 1310 g/mol. The van der Waals surface area contributed by atoms with Crippen LogP contribution in [0.3, 0.4) is 0 Å². The van der Waals surface area contributed by atoms with Crippen LogP contribution in [0.5, 0.6) is 0 Å². The number of hydrogen-bond donors (Lipinski definition) is 4. The molecule has 0 radical (unpaired) electrons. The molecule has 0 saturated carbocycles. The Hall–Kier alpha value is -4.57. The zero-order chi connectivity index (χ0) is 73.7. The van der Waals surface area contributed by atoms with Gasteiger partial charge in [-0.1, -0.05) is 289 Å². The fourth-order valence-corrected chi connectivity index (χ4v) is 11.7. The topological polar surface area (TPSA) is 231 Å². The molecule has 0 saturated heterocycles. The lowest BCUT2D eigenvalue weighted by atomic mass is 10.0. The number of phosphoric ester groups is 2. The van der Waals surface area contributed by atoms with Gasteiger partial charge in [0.05, 0.1) is 26.4 Å². The van der Waals surface area contributed by atoms with Crippen molar-refractivity contribution >= 4 is 33.6 Å². The summed E-state index contributed by atoms with van der Waals surface area (Å²) >= 11 is 0. The van der Waals surface area contributed by atoms with Gasteiger partial charge in [-0.15, -0.1) is 0 Å². The van der Waals surface area contributed by atoms with Crippen molar-refractivity contribution in [1.29, 1.82) is 0 Å². The van der Waals surface area contributed by atoms with Gasteiger partial charge < -0.3 is 34.2 Å². The highest BCUT2D eigenvalue weighted by Crippen LogP contribution is 2.45. The second-order valence-corrected chi connectivity index (χ2v) is 28.7. The first-order valence-corrected chi connectivity index (χ1v) is 42.1. The van der Waals surface area contributed by atoms with Crippen molar-refractivity contribution in [2.45, 2.75) is 322 Å². The molecule has 101 heavy (non-hydrogen) atoms. The summed E-state index contributed by atoms with van der Waals surface area (Å²) in [6.07, 6.45) is 91.8. The van der Waals surface area contributed by atoms with Crippen molar-refractivity contribution in [2.24, 2.45) is 0 Å². The van der Waals surface area contributed by atoms with Crippen LogP contribution in [0.4, 0.5) is 0 Å². The van der Waals surface area contributed by atoms with Crippen LogP contribution in [0, 0.1) is 0 Å². The number of aliphatic hydroxyl groups is 2. The lowest BCUT2D eigenvalue weighted by Gasteiger charge is -2.21. The average Bonchev–Trinajstić information content (AvgIpc) is 1.07. The third-order valence-electron chi connectivity index (χ3n) is 16.0. The molecule has 5 atom stereocenters. The lowest BCUT2D eigenvalue weighted by molar-refractivity contribution is -0.161. The van der Waals surface area contributed by atoms with Crippen molar-refractivity contribution in [3.05, 3.63) is 146 Å². The SMILES string of the molecule is CC/C=C\C/C=C\C/C=C\C/C=C\CCCCCCCCC(=O)OCC(COP(=O)(O)OCC(O)COP(=O)(O)OCC(O)COC(=O)CCCCCCCCCCCCCCC/C=C\C/C=C\C/C=C\C/C=C\CCCCC)OC(=O)CCCCCC/C=C\C/C=C\C/C=C\C/C=C\CC. The molecule has 0 heterocycles. The highest BCUT2D eigenvalue weighted by molar-refractivity contribution is 7.47. The maximum absolute atomic E-state index is 13.0. The standard InChI is InChI=1S/C83H140O16P2/c1-4-7-10-13-16-19-22-25-28-31-33-34-35-36-37-38-39-40-41-42-44-47-48-51-54-57-60-63-66-69-81(86)93-72-78(84)73-95-100(89,90)96-74-79(85)75-97-101(91,92)98-77-80(99-83(88)71-68-65-62-59-56-53-50-45-30-27-24-21-18-15-12-9-6-3)76-94-82(87)70-67-64-61-58-55-52-49-46-43-32-29-26-23-20-17-14-11-8-5-2/h8-9,11-12,16-21,25-30,33-34,36-37,43,46,50,53,78-80,84-85H,4-7,10,13-15,22-24,31-32,35,38-42,44-45,47-49,51-52,54-77H2,1-3H3,(H,89,90)(H,91,92)/b11-8-,12-9-,19-16-,20-17-,21-18-,28-25-,29-26-,30-27-,34-33-,37-36-,46-43-,53-50-. The van der Waals surface area contributed by atoms with Gasteiger partial charge in [0.1, 0.15) is 25.4 Å². The molecule has 0 aromatic heterocycles. The summed E-state index contributed by atoms with van der Waals surface area (Å²) in [5.41, 5.74) is 0. The van der Waals surface area contributed by atoms with Gasteiger partial charge in [-0.3, -0.25) is 32.5 Å². The molecule has 16 nitrogen and oxygen atoms in total. The smallest absolute Gasteiger partial charge is 0.463 e. The van der Waals surface area contributed by atoms with Gasteiger partial charge in [0.15, 0.2) is 6.10 Å². The molecule has 18 heteroatoms. The number of carbonyl (C=O) groups is 3. The normalized spacial score (nSPS) is 14.8. The van der Waals surface area contributed by atoms with Crippen molar-refractivity contribution < 1.29 is 75.8 Å². The number of rotatable bonds is 73. The number of unbranched alkanes of at least 4 members (excludes halogenated alkanes) is 26. The van der Waals surface area contributed by atoms with E-state index in [1.165, 1.54) is 83.5 Å². The molecule has 578 valence electrons. The monoisotopic (exact) mass is 1450 g/mol. The van der Waals surface area contributed by atoms with E-state index in [0.717, 1.165) is 161 Å². The summed E-state index contributed by atoms with van der Waals surface area (Å²) in [5, 5.41) is 20.6. The number of phosphoric acid groups is 2. The Morgan fingerprint density at radius 3 is 0.832 bits per heavy atom. The Kier molecular flexibility index (Phi) is 71.7. The van der Waals surface area contributed by atoms with Gasteiger partial charge in [-0.2, -0.15) is 0 Å². The van der Waals surface area contributed by atoms with Gasteiger partial charge in [0.2, 0.25) is 0 Å². The molecular formula is C83H140O16P2. The predicted molar refractivity (Wildman–Crippen MR) is 417 cm³/mol. The minimum absolute atomic E-state index is 0.0689. The van der Waals surface area contributed by atoms with Gasteiger partial charge in [0, 0.05) is 19.3 Å². The summed E-state index contributed by atoms with van der Waals surface area (Å²) in [4.78, 5) is 58.6. The number of carbonyl (C=O) groups excluding carboxylic acids is 3. The molecule has 5 unspecified atom stereocenters. The quantitative estimate of drug-likeness (QED) is 0.0146. The minimum Gasteiger partial charge on any atom is -0.463 e. The van der Waals surface area contributed by atoms with E-state index in [2.05, 4.69) is 167 Å². The van der Waals surface area contributed by atoms with Crippen LogP contribution in [0.25, 0.3) is 0 Å². The van der Waals surface area contributed by atoms with Gasteiger partial charge in [-0.25, -0.2) is 9.13 Å². The number of hydrogen-bond acceptors (Lipinski definition) is 14. The maximum Gasteiger partial charge on any atom is 0.472 e. The highest BCUT2D eigenvalue weighted by atomic mass is 31.2. The molecule has 0 bridgehead atoms. The number of ether oxygens (including phenoxy) is 3. The Labute approximate surface area is 613 Å². The molecule has 0 spiro atoms. The third-order valence-corrected chi connectivity index (χ3v) is 17.9. The number of allylic oxidation sites excluding steroid dienone is 24. The van der Waals surface area contributed by atoms with Crippen molar-refractivity contribution in [2.75, 3.05) is 39.6 Å². The average molecular weight is 1460 g/mol. The molecule has 0 rings (SSSR count). The van der Waals surface area contributed by atoms with E-state index >= 15 is 0 Å². The van der Waals surface area contributed by atoms with Gasteiger partial charge >= 0.3 is 33.6 Å². The summed E-state index contributed by atoms with van der Waals surface area (Å²) < 4.78 is 61.1. The maximum atomic E-state index is 13.0. The van der Waals surface area contributed by atoms with Crippen LogP contribution >= 0.6 is 15.6 Å². The van der Waals surface area contributed by atoms with Gasteiger partial charge in [-0.05, 0) is 141 Å². The minimum atomic E-state index is -4.94. The fraction of sp³-hybridized carbons (Fsp3) is 0.675. The highest BCUT2D eigenvalue weighted by Gasteiger charge is 2.29. The molecule has 0 aromatic carbocycles. The first kappa shape index (κ1) is 96.4. The first-order valence-electron chi connectivity index (χ1n) is 39.1. The molecule has 0 aliphatic heterocycles. The fourth-order valence-electron chi connectivity index (χ4n) is 10.1. The van der Waals surface area contributed by atoms with E-state index in [0.29, 0.717) is 19.3 Å². The number of esters is 3. The zero-order valence-corrected chi connectivity index (χ0v) is 64.8. The van der Waals surface area contributed by atoms with E-state index in [1.54, 1.807) is 0 Å². The van der Waals surface area contributed by atoms with Crippen molar-refractivity contribution in [1.82, 2.24) is 0 Å². The van der Waals surface area contributed by atoms with Crippen LogP contribution in [0.2, 0.25) is 0 Å².